The molecule has 0 aromatic carbocycles. The van der Waals surface area contributed by atoms with Crippen molar-refractivity contribution >= 4 is 65.2 Å². The fourth-order valence-corrected chi connectivity index (χ4v) is 5.87. The summed E-state index contributed by atoms with van der Waals surface area (Å²) in [6.07, 6.45) is -8.71. The molecule has 0 unspecified atom stereocenters. The van der Waals surface area contributed by atoms with Gasteiger partial charge in [-0.3, -0.25) is 53.8 Å². The number of amides is 8. The van der Waals surface area contributed by atoms with Gasteiger partial charge in [-0.1, -0.05) is 0 Å². The van der Waals surface area contributed by atoms with Crippen molar-refractivity contribution in [2.24, 2.45) is 22.2 Å². The number of carboxylic acid groups (broad SMARTS) is 2. The first-order chi connectivity index (χ1) is 30.9. The Hall–Kier alpha value is -6.35. The highest BCUT2D eigenvalue weighted by Crippen LogP contribution is 2.12. The van der Waals surface area contributed by atoms with E-state index in [2.05, 4.69) is 15.6 Å². The lowest BCUT2D eigenvalue weighted by Crippen LogP contribution is -2.64. The maximum atomic E-state index is 13.7. The van der Waals surface area contributed by atoms with Crippen LogP contribution in [-0.2, 0) is 47.9 Å². The summed E-state index contributed by atoms with van der Waals surface area (Å²) in [5.74, 6) is -14.5. The number of aliphatic hydroxyl groups excluding tert-OH is 5. The van der Waals surface area contributed by atoms with E-state index in [1.165, 1.54) is 0 Å². The van der Waals surface area contributed by atoms with Crippen LogP contribution in [0.3, 0.4) is 0 Å². The molecule has 0 radical (unpaired) electrons. The van der Waals surface area contributed by atoms with Crippen molar-refractivity contribution in [2.45, 2.75) is 119 Å². The average Bonchev–Trinajstić information content (AvgIpc) is 3.25. The minimum Gasteiger partial charge on any atom is -0.479 e. The van der Waals surface area contributed by atoms with E-state index in [9.17, 15) is 89.0 Å². The van der Waals surface area contributed by atoms with Gasteiger partial charge in [-0.2, -0.15) is 0 Å². The van der Waals surface area contributed by atoms with Gasteiger partial charge in [-0.05, 0) is 44.9 Å². The maximum Gasteiger partial charge on any atom is 0.335 e. The van der Waals surface area contributed by atoms with Crippen LogP contribution in [-0.4, -0.2) is 215 Å². The molecule has 0 saturated carbocycles. The number of nitrogens with one attached hydrogen (secondary N) is 6. The summed E-state index contributed by atoms with van der Waals surface area (Å²) in [6, 6.07) is -13.2. The first kappa shape index (κ1) is 57.7. The van der Waals surface area contributed by atoms with Crippen molar-refractivity contribution in [2.75, 3.05) is 32.8 Å². The SMILES string of the molecule is CC(=O)N(O)CCC[C@H](NC(=O)[C@H](CO)NC(=O)[C@H](NC(=O)[C@@H](CCCCN=C(N)N)NC(=O)[C@@H](NC(=O)C[C@H](O)[C@@H](N)CO)[C@H](O)C(=O)O)[C@@H](O)C(=O)O)C(=O)N[C@@H]1CCCN(O)C1=O. The summed E-state index contributed by atoms with van der Waals surface area (Å²) in [7, 11) is 0. The zero-order valence-electron chi connectivity index (χ0n) is 35.6. The minimum absolute atomic E-state index is 0.0261. The maximum absolute atomic E-state index is 13.7. The van der Waals surface area contributed by atoms with Crippen LogP contribution in [0.2, 0.25) is 0 Å². The van der Waals surface area contributed by atoms with E-state index >= 15 is 0 Å². The van der Waals surface area contributed by atoms with Gasteiger partial charge in [0.25, 0.3) is 5.91 Å². The summed E-state index contributed by atoms with van der Waals surface area (Å²) in [5.41, 5.74) is 16.1. The number of guanidine groups is 1. The molecule has 31 heteroatoms. The zero-order valence-corrected chi connectivity index (χ0v) is 35.6. The van der Waals surface area contributed by atoms with Crippen molar-refractivity contribution in [3.63, 3.8) is 0 Å². The second-order valence-electron chi connectivity index (χ2n) is 14.8. The molecule has 10 atom stereocenters. The number of aliphatic hydroxyl groups is 5. The quantitative estimate of drug-likeness (QED) is 0.0109. The predicted molar refractivity (Wildman–Crippen MR) is 217 cm³/mol. The second kappa shape index (κ2) is 28.5. The predicted octanol–water partition coefficient (Wildman–Crippen LogP) is -9.68. The van der Waals surface area contributed by atoms with Crippen LogP contribution in [0, 0.1) is 0 Å². The highest BCUT2D eigenvalue weighted by Gasteiger charge is 2.40. The third-order valence-corrected chi connectivity index (χ3v) is 9.65. The first-order valence-electron chi connectivity index (χ1n) is 20.2. The Bertz CT molecular complexity index is 1750. The Morgan fingerprint density at radius 1 is 0.758 bits per heavy atom. The molecule has 21 N–H and O–H groups in total. The Balaban J connectivity index is 3.45. The van der Waals surface area contributed by atoms with Gasteiger partial charge in [0.05, 0.1) is 31.8 Å². The number of aliphatic imine (C=N–C) groups is 1. The lowest BCUT2D eigenvalue weighted by Gasteiger charge is -2.30. The van der Waals surface area contributed by atoms with Gasteiger partial charge in [0, 0.05) is 26.6 Å². The van der Waals surface area contributed by atoms with Gasteiger partial charge in [0.15, 0.2) is 18.2 Å². The third-order valence-electron chi connectivity index (χ3n) is 9.65. The Kier molecular flexibility index (Phi) is 24.9. The standard InChI is InChI=1S/C35H60N12O19/c1-15(50)46(65)10-4-7-18(27(55)42-19-8-5-11-47(66)32(19)60)40-29(57)20(14-49)43-31(59)24(26(54)34(63)64)45-28(56)17(6-2-3-9-39-35(37)38)41-30(58)23(25(53)33(61)62)44-22(52)12-21(51)16(36)13-48/h16-21,23-26,48-49,51,53-54,65-66H,2-14,36H2,1H3,(H,40,57)(H,41,58)(H,42,55)(H,43,59)(H,44,52)(H,45,56)(H,61,62)(H,63,64)(H4,37,38,39)/t16-,17+,18-,19+,20-,21-,23-,24+,25-,26+/m0/s1. The van der Waals surface area contributed by atoms with Gasteiger partial charge in [0.2, 0.25) is 41.4 Å². The minimum atomic E-state index is -2.83. The number of carbonyl (C=O) groups is 10. The number of nitrogens with two attached hydrogens (primary N) is 3. The number of rotatable bonds is 29. The monoisotopic (exact) mass is 952 g/mol. The summed E-state index contributed by atoms with van der Waals surface area (Å²) < 4.78 is 0. The van der Waals surface area contributed by atoms with Crippen LogP contribution >= 0.6 is 0 Å². The summed E-state index contributed by atoms with van der Waals surface area (Å²) >= 11 is 0. The van der Waals surface area contributed by atoms with Gasteiger partial charge >= 0.3 is 11.9 Å². The number of nitrogens with zero attached hydrogens (tertiary/aromatic N) is 3. The number of hydrogen-bond acceptors (Lipinski definition) is 19. The van der Waals surface area contributed by atoms with Crippen molar-refractivity contribution in [1.29, 1.82) is 0 Å². The summed E-state index contributed by atoms with van der Waals surface area (Å²) in [4.78, 5) is 131. The van der Waals surface area contributed by atoms with Crippen LogP contribution in [0.4, 0.5) is 0 Å². The number of carbonyl (C=O) groups excluding carboxylic acids is 8. The van der Waals surface area contributed by atoms with E-state index in [4.69, 9.17) is 22.3 Å². The molecule has 0 aliphatic carbocycles. The fraction of sp³-hybridized carbons (Fsp3) is 0.686. The zero-order chi connectivity index (χ0) is 50.4. The van der Waals surface area contributed by atoms with E-state index in [-0.39, 0.29) is 64.1 Å². The molecular weight excluding hydrogens is 892 g/mol. The van der Waals surface area contributed by atoms with Crippen LogP contribution in [0.1, 0.15) is 58.3 Å². The summed E-state index contributed by atoms with van der Waals surface area (Å²) in [6.45, 7) is -1.45. The Morgan fingerprint density at radius 3 is 1.80 bits per heavy atom. The van der Waals surface area contributed by atoms with Gasteiger partial charge in [-0.25, -0.2) is 19.7 Å². The number of piperidine rings is 1. The lowest BCUT2D eigenvalue weighted by molar-refractivity contribution is -0.173. The molecule has 66 heavy (non-hydrogen) atoms. The largest absolute Gasteiger partial charge is 0.479 e. The van der Waals surface area contributed by atoms with Crippen molar-refractivity contribution in [3.05, 3.63) is 0 Å². The van der Waals surface area contributed by atoms with Gasteiger partial charge < -0.3 is 84.8 Å². The molecule has 0 aromatic heterocycles. The molecule has 1 aliphatic rings. The Labute approximate surface area is 375 Å². The van der Waals surface area contributed by atoms with Gasteiger partial charge in [-0.15, -0.1) is 0 Å². The van der Waals surface area contributed by atoms with E-state index < -0.39 is 146 Å². The van der Waals surface area contributed by atoms with Crippen molar-refractivity contribution in [1.82, 2.24) is 42.0 Å². The van der Waals surface area contributed by atoms with Crippen LogP contribution in [0.5, 0.6) is 0 Å². The molecule has 0 spiro atoms. The average molecular weight is 953 g/mol. The van der Waals surface area contributed by atoms with Crippen LogP contribution < -0.4 is 49.1 Å². The molecule has 1 aliphatic heterocycles. The number of hydroxylamine groups is 4. The topological polar surface area (TPSA) is 522 Å². The highest BCUT2D eigenvalue weighted by molar-refractivity contribution is 5.99. The third kappa shape index (κ3) is 19.4. The number of carboxylic acids is 2. The second-order valence-corrected chi connectivity index (χ2v) is 14.8. The smallest absolute Gasteiger partial charge is 0.335 e. The lowest BCUT2D eigenvalue weighted by atomic mass is 10.0. The molecule has 374 valence electrons. The van der Waals surface area contributed by atoms with E-state index in [0.29, 0.717) is 10.1 Å². The number of hydrogen-bond donors (Lipinski definition) is 18. The van der Waals surface area contributed by atoms with Crippen LogP contribution in [0.15, 0.2) is 4.99 Å². The van der Waals surface area contributed by atoms with Crippen molar-refractivity contribution < 1.29 is 94.1 Å². The van der Waals surface area contributed by atoms with E-state index in [1.807, 2.05) is 21.3 Å². The number of aliphatic carboxylic acids is 2. The molecule has 1 fully saturated rings. The molecule has 0 aromatic rings. The number of unbranched alkanes of at least 4 members (excludes halogenated alkanes) is 1. The summed E-state index contributed by atoms with van der Waals surface area (Å²) in [5, 5.41) is 102. The molecule has 0 bridgehead atoms. The molecule has 1 heterocycles. The van der Waals surface area contributed by atoms with E-state index in [1.54, 1.807) is 0 Å². The molecule has 8 amide bonds. The Morgan fingerprint density at radius 2 is 1.27 bits per heavy atom. The first-order valence-corrected chi connectivity index (χ1v) is 20.2. The molecule has 1 rings (SSSR count). The van der Waals surface area contributed by atoms with Crippen LogP contribution in [0.25, 0.3) is 0 Å². The van der Waals surface area contributed by atoms with E-state index in [0.717, 1.165) is 6.92 Å². The molecule has 1 saturated heterocycles. The highest BCUT2D eigenvalue weighted by atomic mass is 16.5. The van der Waals surface area contributed by atoms with Gasteiger partial charge in [0.1, 0.15) is 36.3 Å². The normalized spacial score (nSPS) is 17.7. The van der Waals surface area contributed by atoms with Crippen molar-refractivity contribution in [3.8, 4) is 0 Å². The fourth-order valence-electron chi connectivity index (χ4n) is 5.87. The molecule has 31 nitrogen and oxygen atoms in total. The molecular formula is C35H60N12O19.